The van der Waals surface area contributed by atoms with Crippen LogP contribution in [0.3, 0.4) is 0 Å². The topological polar surface area (TPSA) is 77.4 Å². The second-order valence-corrected chi connectivity index (χ2v) is 7.95. The fourth-order valence-corrected chi connectivity index (χ4v) is 4.08. The molecule has 0 spiro atoms. The fourth-order valence-electron chi connectivity index (χ4n) is 4.08. The summed E-state index contributed by atoms with van der Waals surface area (Å²) < 4.78 is 53.2. The number of aromatic nitrogens is 2. The van der Waals surface area contributed by atoms with Crippen LogP contribution in [-0.2, 0) is 6.42 Å². The highest BCUT2D eigenvalue weighted by molar-refractivity contribution is 5.98. The molecular weight excluding hydrogens is 449 g/mol. The average molecular weight is 474 g/mol. The maximum Gasteiger partial charge on any atom is 0.410 e. The van der Waals surface area contributed by atoms with Crippen LogP contribution in [0.25, 0.3) is 0 Å². The van der Waals surface area contributed by atoms with Crippen molar-refractivity contribution >= 4 is 11.7 Å². The van der Waals surface area contributed by atoms with Crippen molar-refractivity contribution in [2.24, 2.45) is 0 Å². The Morgan fingerprint density at radius 1 is 1.15 bits per heavy atom. The van der Waals surface area contributed by atoms with Gasteiger partial charge in [0.15, 0.2) is 17.5 Å². The average Bonchev–Trinajstić information content (AvgIpc) is 3.27. The van der Waals surface area contributed by atoms with Gasteiger partial charge in [-0.05, 0) is 29.7 Å². The van der Waals surface area contributed by atoms with Crippen LogP contribution in [0, 0.1) is 0 Å². The van der Waals surface area contributed by atoms with Crippen molar-refractivity contribution in [2.75, 3.05) is 26.1 Å². The molecule has 2 unspecified atom stereocenters. The summed E-state index contributed by atoms with van der Waals surface area (Å²) in [6.45, 7) is 0.343. The van der Waals surface area contributed by atoms with Gasteiger partial charge in [0.2, 0.25) is 0 Å². The van der Waals surface area contributed by atoms with Crippen molar-refractivity contribution in [2.45, 2.75) is 31.1 Å². The van der Waals surface area contributed by atoms with E-state index >= 15 is 0 Å². The number of amides is 1. The molecule has 180 valence electrons. The van der Waals surface area contributed by atoms with Crippen molar-refractivity contribution in [1.29, 1.82) is 0 Å². The Labute approximate surface area is 194 Å². The largest absolute Gasteiger partial charge is 0.493 e. The predicted molar refractivity (Wildman–Crippen MR) is 120 cm³/mol. The summed E-state index contributed by atoms with van der Waals surface area (Å²) in [4.78, 5) is 12.8. The highest BCUT2D eigenvalue weighted by Crippen LogP contribution is 2.45. The third-order valence-electron chi connectivity index (χ3n) is 5.84. The Morgan fingerprint density at radius 2 is 1.88 bits per heavy atom. The Bertz CT molecular complexity index is 1150. The molecule has 0 fully saturated rings. The smallest absolute Gasteiger partial charge is 0.410 e. The van der Waals surface area contributed by atoms with Gasteiger partial charge in [0, 0.05) is 13.0 Å². The van der Waals surface area contributed by atoms with E-state index in [2.05, 4.69) is 15.7 Å². The Balaban J connectivity index is 1.59. The molecule has 1 amide bonds. The summed E-state index contributed by atoms with van der Waals surface area (Å²) in [5.41, 5.74) is 1.69. The van der Waals surface area contributed by atoms with Gasteiger partial charge in [0.25, 0.3) is 5.91 Å². The van der Waals surface area contributed by atoms with Gasteiger partial charge < -0.3 is 20.1 Å². The van der Waals surface area contributed by atoms with Crippen molar-refractivity contribution in [3.8, 4) is 11.5 Å². The van der Waals surface area contributed by atoms with E-state index < -0.39 is 24.2 Å². The molecule has 0 bridgehead atoms. The second kappa shape index (κ2) is 9.66. The van der Waals surface area contributed by atoms with Crippen molar-refractivity contribution < 1.29 is 27.4 Å². The second-order valence-electron chi connectivity index (χ2n) is 7.95. The molecule has 2 heterocycles. The number of fused-ring (bicyclic) bond motifs is 1. The Kier molecular flexibility index (Phi) is 6.67. The highest BCUT2D eigenvalue weighted by atomic mass is 19.4. The fraction of sp³-hybridized carbons (Fsp3) is 0.333. The molecular formula is C24H25F3N4O3. The van der Waals surface area contributed by atoms with E-state index in [1.54, 1.807) is 18.2 Å². The van der Waals surface area contributed by atoms with E-state index in [-0.39, 0.29) is 17.8 Å². The molecule has 0 aliphatic carbocycles. The van der Waals surface area contributed by atoms with E-state index in [0.717, 1.165) is 10.2 Å². The summed E-state index contributed by atoms with van der Waals surface area (Å²) in [6, 6.07) is 11.9. The molecule has 2 aromatic carbocycles. The maximum atomic E-state index is 13.9. The zero-order valence-corrected chi connectivity index (χ0v) is 18.7. The van der Waals surface area contributed by atoms with Gasteiger partial charge >= 0.3 is 6.18 Å². The molecule has 4 rings (SSSR count). The van der Waals surface area contributed by atoms with Gasteiger partial charge in [-0.2, -0.15) is 18.3 Å². The minimum atomic E-state index is -4.54. The van der Waals surface area contributed by atoms with Crippen molar-refractivity contribution in [3.05, 3.63) is 71.4 Å². The number of methoxy groups -OCH3 is 2. The zero-order chi connectivity index (χ0) is 24.3. The number of nitrogens with one attached hydrogen (secondary N) is 2. The van der Waals surface area contributed by atoms with Crippen LogP contribution in [0.15, 0.2) is 54.7 Å². The van der Waals surface area contributed by atoms with Crippen LogP contribution < -0.4 is 20.1 Å². The van der Waals surface area contributed by atoms with Crippen LogP contribution >= 0.6 is 0 Å². The number of carbonyl (C=O) groups is 1. The minimum Gasteiger partial charge on any atom is -0.493 e. The monoisotopic (exact) mass is 474 g/mol. The standard InChI is InChI=1S/C24H25F3N4O3/c1-33-19-9-8-16(12-20(19)34-2)18-13-21(24(25,26)27)31-22(30-18)17(14-29-31)23(32)28-11-10-15-6-4-3-5-7-15/h3-9,12,14,18,21,30H,10-11,13H2,1-2H3,(H,28,32). The molecule has 10 heteroatoms. The van der Waals surface area contributed by atoms with Crippen LogP contribution in [-0.4, -0.2) is 42.6 Å². The zero-order valence-electron chi connectivity index (χ0n) is 18.7. The third-order valence-corrected chi connectivity index (χ3v) is 5.84. The van der Waals surface area contributed by atoms with Gasteiger partial charge in [-0.25, -0.2) is 4.68 Å². The summed E-state index contributed by atoms with van der Waals surface area (Å²) in [7, 11) is 2.94. The number of carbonyl (C=O) groups excluding carboxylic acids is 1. The van der Waals surface area contributed by atoms with E-state index in [1.807, 2.05) is 30.3 Å². The SMILES string of the molecule is COc1ccc(C2CC(C(F)(F)F)n3ncc(C(=O)NCCc4ccccc4)c3N2)cc1OC. The number of anilines is 1. The third kappa shape index (κ3) is 4.80. The van der Waals surface area contributed by atoms with E-state index in [4.69, 9.17) is 9.47 Å². The van der Waals surface area contributed by atoms with E-state index in [0.29, 0.717) is 30.0 Å². The van der Waals surface area contributed by atoms with Crippen LogP contribution in [0.2, 0.25) is 0 Å². The normalized spacial score (nSPS) is 17.4. The first-order chi connectivity index (χ1) is 16.3. The van der Waals surface area contributed by atoms with Gasteiger partial charge in [-0.1, -0.05) is 36.4 Å². The summed E-state index contributed by atoms with van der Waals surface area (Å²) >= 11 is 0. The molecule has 2 N–H and O–H groups in total. The molecule has 1 aliphatic rings. The molecule has 2 atom stereocenters. The number of hydrogen-bond donors (Lipinski definition) is 2. The first-order valence-electron chi connectivity index (χ1n) is 10.8. The molecule has 3 aromatic rings. The summed E-state index contributed by atoms with van der Waals surface area (Å²) in [6.07, 6.45) is -3.06. The van der Waals surface area contributed by atoms with Gasteiger partial charge in [0.05, 0.1) is 26.5 Å². The number of halogens is 3. The van der Waals surface area contributed by atoms with Gasteiger partial charge in [0.1, 0.15) is 11.4 Å². The van der Waals surface area contributed by atoms with E-state index in [9.17, 15) is 18.0 Å². The van der Waals surface area contributed by atoms with E-state index in [1.165, 1.54) is 20.4 Å². The number of rotatable bonds is 7. The predicted octanol–water partition coefficient (Wildman–Crippen LogP) is 4.53. The highest BCUT2D eigenvalue weighted by Gasteiger charge is 2.47. The number of ether oxygens (including phenoxy) is 2. The van der Waals surface area contributed by atoms with Crippen LogP contribution in [0.5, 0.6) is 11.5 Å². The van der Waals surface area contributed by atoms with Gasteiger partial charge in [-0.3, -0.25) is 4.79 Å². The summed E-state index contributed by atoms with van der Waals surface area (Å²) in [5.74, 6) is 0.422. The Hall–Kier alpha value is -3.69. The molecule has 34 heavy (non-hydrogen) atoms. The molecule has 1 aliphatic heterocycles. The lowest BCUT2D eigenvalue weighted by Gasteiger charge is -2.34. The molecule has 7 nitrogen and oxygen atoms in total. The summed E-state index contributed by atoms with van der Waals surface area (Å²) in [5, 5.41) is 9.77. The number of nitrogens with zero attached hydrogens (tertiary/aromatic N) is 2. The lowest BCUT2D eigenvalue weighted by molar-refractivity contribution is -0.173. The molecule has 1 aromatic heterocycles. The first-order valence-corrected chi connectivity index (χ1v) is 10.8. The first kappa shape index (κ1) is 23.5. The molecule has 0 saturated heterocycles. The van der Waals surface area contributed by atoms with Crippen molar-refractivity contribution in [3.63, 3.8) is 0 Å². The molecule has 0 saturated carbocycles. The molecule has 0 radical (unpaired) electrons. The van der Waals surface area contributed by atoms with Crippen molar-refractivity contribution in [1.82, 2.24) is 15.1 Å². The van der Waals surface area contributed by atoms with Gasteiger partial charge in [-0.15, -0.1) is 0 Å². The Morgan fingerprint density at radius 3 is 2.56 bits per heavy atom. The maximum absolute atomic E-state index is 13.9. The van der Waals surface area contributed by atoms with Crippen LogP contribution in [0.4, 0.5) is 19.0 Å². The minimum absolute atomic E-state index is 0.0329. The quantitative estimate of drug-likeness (QED) is 0.526. The number of hydrogen-bond acceptors (Lipinski definition) is 5. The lowest BCUT2D eigenvalue weighted by atomic mass is 9.96. The number of alkyl halides is 3. The number of benzene rings is 2. The van der Waals surface area contributed by atoms with Crippen LogP contribution in [0.1, 0.15) is 40.0 Å². The lowest BCUT2D eigenvalue weighted by Crippen LogP contribution is -2.36.